The molecule has 2 fully saturated rings. The molecule has 1 aromatic rings. The highest BCUT2D eigenvalue weighted by atomic mass is 79.9. The van der Waals surface area contributed by atoms with Gasteiger partial charge in [0.05, 0.1) is 0 Å². The quantitative estimate of drug-likeness (QED) is 0.619. The van der Waals surface area contributed by atoms with Gasteiger partial charge in [0.25, 0.3) is 0 Å². The first kappa shape index (κ1) is 21.9. The standard InChI is InChI=1S/C22H32BrN3O3/c1-22(2,3)29-21(28)25-14-9-17(10-15-25)8-13-24-11-5-12-26(20(24)27)19-7-4-6-18(23)16-19/h4,6-7,16-17H,5,8-15H2,1-3H3. The molecular weight excluding hydrogens is 434 g/mol. The lowest BCUT2D eigenvalue weighted by Crippen LogP contribution is -2.50. The number of hydrogen-bond acceptors (Lipinski definition) is 3. The molecule has 0 atom stereocenters. The van der Waals surface area contributed by atoms with E-state index in [9.17, 15) is 9.59 Å². The SMILES string of the molecule is CC(C)(C)OC(=O)N1CCC(CCN2CCCN(c3cccc(Br)c3)C2=O)CC1. The Hall–Kier alpha value is -1.76. The summed E-state index contributed by atoms with van der Waals surface area (Å²) in [6.45, 7) is 9.51. The molecule has 0 N–H and O–H groups in total. The van der Waals surface area contributed by atoms with Gasteiger partial charge in [0, 0.05) is 42.9 Å². The maximum atomic E-state index is 13.0. The van der Waals surface area contributed by atoms with Crippen LogP contribution in [0.4, 0.5) is 15.3 Å². The fourth-order valence-corrected chi connectivity index (χ4v) is 4.33. The third-order valence-electron chi connectivity index (χ3n) is 5.50. The number of piperidine rings is 1. The minimum absolute atomic E-state index is 0.0977. The van der Waals surface area contributed by atoms with Crippen molar-refractivity contribution in [1.29, 1.82) is 0 Å². The van der Waals surface area contributed by atoms with E-state index in [0.717, 1.165) is 68.6 Å². The van der Waals surface area contributed by atoms with Gasteiger partial charge in [0.1, 0.15) is 5.60 Å². The van der Waals surface area contributed by atoms with Crippen LogP contribution in [-0.2, 0) is 4.74 Å². The number of ether oxygens (including phenoxy) is 1. The Balaban J connectivity index is 1.47. The molecule has 0 saturated carbocycles. The predicted molar refractivity (Wildman–Crippen MR) is 118 cm³/mol. The van der Waals surface area contributed by atoms with Crippen molar-refractivity contribution in [1.82, 2.24) is 9.80 Å². The van der Waals surface area contributed by atoms with Gasteiger partial charge in [0.2, 0.25) is 0 Å². The van der Waals surface area contributed by atoms with Crippen LogP contribution in [0.3, 0.4) is 0 Å². The van der Waals surface area contributed by atoms with Crippen LogP contribution in [-0.4, -0.2) is 60.2 Å². The van der Waals surface area contributed by atoms with Gasteiger partial charge in [-0.3, -0.25) is 4.90 Å². The summed E-state index contributed by atoms with van der Waals surface area (Å²) in [5.74, 6) is 0.544. The number of carbonyl (C=O) groups excluding carboxylic acids is 2. The number of nitrogens with zero attached hydrogens (tertiary/aromatic N) is 3. The van der Waals surface area contributed by atoms with Crippen LogP contribution in [0.25, 0.3) is 0 Å². The maximum absolute atomic E-state index is 13.0. The molecule has 0 unspecified atom stereocenters. The summed E-state index contributed by atoms with van der Waals surface area (Å²) >= 11 is 3.49. The van der Waals surface area contributed by atoms with Crippen LogP contribution in [0, 0.1) is 5.92 Å². The third-order valence-corrected chi connectivity index (χ3v) is 6.00. The number of carbonyl (C=O) groups is 2. The highest BCUT2D eigenvalue weighted by molar-refractivity contribution is 9.10. The summed E-state index contributed by atoms with van der Waals surface area (Å²) in [6, 6.07) is 8.01. The number of urea groups is 1. The summed E-state index contributed by atoms with van der Waals surface area (Å²) in [5.41, 5.74) is 0.489. The van der Waals surface area contributed by atoms with Gasteiger partial charge in [-0.05, 0) is 70.6 Å². The van der Waals surface area contributed by atoms with Gasteiger partial charge in [-0.1, -0.05) is 22.0 Å². The Morgan fingerprint density at radius 3 is 2.55 bits per heavy atom. The van der Waals surface area contributed by atoms with Gasteiger partial charge in [0.15, 0.2) is 0 Å². The van der Waals surface area contributed by atoms with Crippen LogP contribution in [0.1, 0.15) is 46.5 Å². The molecule has 2 heterocycles. The molecule has 7 heteroatoms. The monoisotopic (exact) mass is 465 g/mol. The van der Waals surface area contributed by atoms with E-state index in [-0.39, 0.29) is 12.1 Å². The lowest BCUT2D eigenvalue weighted by molar-refractivity contribution is 0.0179. The molecule has 0 aromatic heterocycles. The highest BCUT2D eigenvalue weighted by Crippen LogP contribution is 2.26. The number of amides is 3. The summed E-state index contributed by atoms with van der Waals surface area (Å²) in [7, 11) is 0. The van der Waals surface area contributed by atoms with E-state index in [4.69, 9.17) is 4.74 Å². The fourth-order valence-electron chi connectivity index (χ4n) is 3.94. The zero-order chi connectivity index (χ0) is 21.0. The average molecular weight is 466 g/mol. The zero-order valence-corrected chi connectivity index (χ0v) is 19.3. The number of anilines is 1. The molecule has 0 aliphatic carbocycles. The molecule has 0 bridgehead atoms. The molecule has 160 valence electrons. The topological polar surface area (TPSA) is 53.1 Å². The second-order valence-corrected chi connectivity index (χ2v) is 9.87. The summed E-state index contributed by atoms with van der Waals surface area (Å²) in [4.78, 5) is 30.8. The Bertz CT molecular complexity index is 726. The van der Waals surface area contributed by atoms with Crippen molar-refractivity contribution in [3.05, 3.63) is 28.7 Å². The van der Waals surface area contributed by atoms with Crippen molar-refractivity contribution in [2.45, 2.75) is 52.1 Å². The molecule has 2 aliphatic rings. The highest BCUT2D eigenvalue weighted by Gasteiger charge is 2.30. The van der Waals surface area contributed by atoms with Crippen molar-refractivity contribution < 1.29 is 14.3 Å². The molecule has 0 radical (unpaired) electrons. The second-order valence-electron chi connectivity index (χ2n) is 8.95. The van der Waals surface area contributed by atoms with E-state index in [1.165, 1.54) is 0 Å². The number of halogens is 1. The van der Waals surface area contributed by atoms with Crippen LogP contribution >= 0.6 is 15.9 Å². The molecule has 3 rings (SSSR count). The van der Waals surface area contributed by atoms with E-state index in [0.29, 0.717) is 5.92 Å². The number of benzene rings is 1. The number of rotatable bonds is 4. The number of likely N-dealkylation sites (tertiary alicyclic amines) is 1. The Morgan fingerprint density at radius 1 is 1.17 bits per heavy atom. The lowest BCUT2D eigenvalue weighted by Gasteiger charge is -2.37. The molecule has 6 nitrogen and oxygen atoms in total. The van der Waals surface area contributed by atoms with Crippen LogP contribution in [0.2, 0.25) is 0 Å². The molecule has 29 heavy (non-hydrogen) atoms. The van der Waals surface area contributed by atoms with Crippen LogP contribution < -0.4 is 4.90 Å². The smallest absolute Gasteiger partial charge is 0.410 e. The van der Waals surface area contributed by atoms with Crippen molar-refractivity contribution in [2.24, 2.45) is 5.92 Å². The number of hydrogen-bond donors (Lipinski definition) is 0. The van der Waals surface area contributed by atoms with Gasteiger partial charge in [-0.15, -0.1) is 0 Å². The zero-order valence-electron chi connectivity index (χ0n) is 17.7. The average Bonchev–Trinajstić information content (AvgIpc) is 2.66. The van der Waals surface area contributed by atoms with E-state index in [1.54, 1.807) is 0 Å². The minimum Gasteiger partial charge on any atom is -0.444 e. The summed E-state index contributed by atoms with van der Waals surface area (Å²) < 4.78 is 6.45. The fraction of sp³-hybridized carbons (Fsp3) is 0.636. The van der Waals surface area contributed by atoms with E-state index in [1.807, 2.05) is 59.7 Å². The van der Waals surface area contributed by atoms with Crippen molar-refractivity contribution in [3.8, 4) is 0 Å². The maximum Gasteiger partial charge on any atom is 0.410 e. The molecular formula is C22H32BrN3O3. The largest absolute Gasteiger partial charge is 0.444 e. The lowest BCUT2D eigenvalue weighted by atomic mass is 9.93. The molecule has 0 spiro atoms. The predicted octanol–water partition coefficient (Wildman–Crippen LogP) is 5.12. The first-order valence-corrected chi connectivity index (χ1v) is 11.3. The van der Waals surface area contributed by atoms with E-state index >= 15 is 0 Å². The van der Waals surface area contributed by atoms with Crippen molar-refractivity contribution in [3.63, 3.8) is 0 Å². The second kappa shape index (κ2) is 9.37. The third kappa shape index (κ3) is 6.11. The summed E-state index contributed by atoms with van der Waals surface area (Å²) in [6.07, 6.45) is 3.69. The molecule has 1 aromatic carbocycles. The van der Waals surface area contributed by atoms with Gasteiger partial charge in [-0.25, -0.2) is 9.59 Å². The Morgan fingerprint density at radius 2 is 1.90 bits per heavy atom. The summed E-state index contributed by atoms with van der Waals surface area (Å²) in [5, 5.41) is 0. The first-order valence-electron chi connectivity index (χ1n) is 10.5. The first-order chi connectivity index (χ1) is 13.7. The van der Waals surface area contributed by atoms with Gasteiger partial charge in [-0.2, -0.15) is 0 Å². The van der Waals surface area contributed by atoms with E-state index in [2.05, 4.69) is 15.9 Å². The molecule has 3 amide bonds. The van der Waals surface area contributed by atoms with Crippen LogP contribution in [0.5, 0.6) is 0 Å². The Labute approximate surface area is 182 Å². The molecule has 2 saturated heterocycles. The Kier molecular flexibility index (Phi) is 7.09. The van der Waals surface area contributed by atoms with Gasteiger partial charge < -0.3 is 14.5 Å². The van der Waals surface area contributed by atoms with Crippen molar-refractivity contribution >= 4 is 33.7 Å². The van der Waals surface area contributed by atoms with Crippen LogP contribution in [0.15, 0.2) is 28.7 Å². The normalized spacial score (nSPS) is 18.9. The molecule has 2 aliphatic heterocycles. The van der Waals surface area contributed by atoms with Gasteiger partial charge >= 0.3 is 12.1 Å². The minimum atomic E-state index is -0.456. The van der Waals surface area contributed by atoms with E-state index < -0.39 is 5.60 Å². The van der Waals surface area contributed by atoms with Crippen molar-refractivity contribution in [2.75, 3.05) is 37.6 Å².